The topological polar surface area (TPSA) is 112 Å². The number of aliphatic carboxylic acids is 2. The lowest BCUT2D eigenvalue weighted by Gasteiger charge is -1.89. The van der Waals surface area contributed by atoms with E-state index in [2.05, 4.69) is 0 Å². The standard InChI is InChI=1S/C3H6O3.C3H4O3.3CH4/c2*1-2(4)3(5)6;;;/h2,4H,1H3,(H,5,6);1H3,(H,5,6);3*1H4/t2-;;;;/m1..../s1. The molecule has 6 heteroatoms. The molecular formula is C9H22O6. The van der Waals surface area contributed by atoms with Gasteiger partial charge in [0.1, 0.15) is 6.10 Å². The zero-order valence-electron chi connectivity index (χ0n) is 6.64. The first-order valence-corrected chi connectivity index (χ1v) is 2.93. The van der Waals surface area contributed by atoms with Gasteiger partial charge >= 0.3 is 11.9 Å². The van der Waals surface area contributed by atoms with Gasteiger partial charge in [0.25, 0.3) is 0 Å². The molecule has 0 aromatic rings. The molecule has 1 atom stereocenters. The largest absolute Gasteiger partial charge is 0.479 e. The highest BCUT2D eigenvalue weighted by atomic mass is 16.4. The van der Waals surface area contributed by atoms with E-state index in [9.17, 15) is 14.4 Å². The fraction of sp³-hybridized carbons (Fsp3) is 0.667. The maximum atomic E-state index is 9.54. The van der Waals surface area contributed by atoms with Gasteiger partial charge in [-0.05, 0) is 6.92 Å². The van der Waals surface area contributed by atoms with Gasteiger partial charge in [-0.3, -0.25) is 4.79 Å². The Bertz CT molecular complexity index is 173. The number of carboxylic acids is 2. The van der Waals surface area contributed by atoms with Crippen molar-refractivity contribution in [2.45, 2.75) is 42.2 Å². The normalized spacial score (nSPS) is 8.47. The summed E-state index contributed by atoms with van der Waals surface area (Å²) in [5.74, 6) is -3.39. The number of carbonyl (C=O) groups is 3. The van der Waals surface area contributed by atoms with E-state index in [1.165, 1.54) is 6.92 Å². The Kier molecular flexibility index (Phi) is 29.3. The molecule has 3 N–H and O–H groups in total. The molecule has 0 aliphatic carbocycles. The van der Waals surface area contributed by atoms with Crippen LogP contribution in [-0.2, 0) is 14.4 Å². The monoisotopic (exact) mass is 226 g/mol. The van der Waals surface area contributed by atoms with Crippen molar-refractivity contribution in [3.63, 3.8) is 0 Å². The van der Waals surface area contributed by atoms with E-state index in [0.29, 0.717) is 0 Å². The molecule has 6 nitrogen and oxygen atoms in total. The number of rotatable bonds is 2. The highest BCUT2D eigenvalue weighted by Gasteiger charge is 2.01. The fourth-order valence-corrected chi connectivity index (χ4v) is 0. The molecule has 0 heterocycles. The summed E-state index contributed by atoms with van der Waals surface area (Å²) >= 11 is 0. The van der Waals surface area contributed by atoms with Crippen LogP contribution in [0.25, 0.3) is 0 Å². The molecule has 0 saturated heterocycles. The van der Waals surface area contributed by atoms with Gasteiger partial charge in [-0.25, -0.2) is 9.59 Å². The highest BCUT2D eigenvalue weighted by Crippen LogP contribution is 1.73. The lowest BCUT2D eigenvalue weighted by Crippen LogP contribution is -2.13. The molecular weight excluding hydrogens is 204 g/mol. The summed E-state index contributed by atoms with van der Waals surface area (Å²) in [6.45, 7) is 2.20. The summed E-state index contributed by atoms with van der Waals surface area (Å²) in [5, 5.41) is 23.4. The highest BCUT2D eigenvalue weighted by molar-refractivity contribution is 6.31. The molecule has 0 unspecified atom stereocenters. The van der Waals surface area contributed by atoms with Crippen LogP contribution in [0.2, 0.25) is 0 Å². The Labute approximate surface area is 90.5 Å². The van der Waals surface area contributed by atoms with Crippen LogP contribution in [0.3, 0.4) is 0 Å². The third kappa shape index (κ3) is 32.5. The summed E-state index contributed by atoms with van der Waals surface area (Å²) in [7, 11) is 0. The summed E-state index contributed by atoms with van der Waals surface area (Å²) in [4.78, 5) is 28.3. The Balaban J connectivity index is -0.0000000370. The van der Waals surface area contributed by atoms with E-state index in [0.717, 1.165) is 6.92 Å². The van der Waals surface area contributed by atoms with Gasteiger partial charge in [0.2, 0.25) is 5.78 Å². The van der Waals surface area contributed by atoms with Crippen LogP contribution in [0, 0.1) is 0 Å². The van der Waals surface area contributed by atoms with Gasteiger partial charge in [-0.15, -0.1) is 0 Å². The number of hydrogen-bond acceptors (Lipinski definition) is 4. The number of ketones is 1. The van der Waals surface area contributed by atoms with Gasteiger partial charge in [-0.1, -0.05) is 22.3 Å². The number of carbonyl (C=O) groups excluding carboxylic acids is 1. The van der Waals surface area contributed by atoms with Crippen LogP contribution in [0.15, 0.2) is 0 Å². The third-order valence-electron chi connectivity index (χ3n) is 0.659. The Morgan fingerprint density at radius 2 is 1.13 bits per heavy atom. The van der Waals surface area contributed by atoms with Gasteiger partial charge in [0.05, 0.1) is 0 Å². The Hall–Kier alpha value is -1.43. The summed E-state index contributed by atoms with van der Waals surface area (Å²) in [6, 6.07) is 0. The van der Waals surface area contributed by atoms with Crippen molar-refractivity contribution in [2.75, 3.05) is 0 Å². The van der Waals surface area contributed by atoms with Crippen LogP contribution in [-0.4, -0.2) is 39.1 Å². The van der Waals surface area contributed by atoms with Crippen molar-refractivity contribution in [1.82, 2.24) is 0 Å². The molecule has 0 bridgehead atoms. The molecule has 0 aliphatic heterocycles. The Morgan fingerprint density at radius 3 is 1.13 bits per heavy atom. The molecule has 0 fully saturated rings. The summed E-state index contributed by atoms with van der Waals surface area (Å²) < 4.78 is 0. The molecule has 0 rings (SSSR count). The Morgan fingerprint density at radius 1 is 1.00 bits per heavy atom. The quantitative estimate of drug-likeness (QED) is 0.606. The molecule has 0 amide bonds. The number of carboxylic acid groups (broad SMARTS) is 2. The van der Waals surface area contributed by atoms with Gasteiger partial charge in [-0.2, -0.15) is 0 Å². The van der Waals surface area contributed by atoms with Crippen LogP contribution >= 0.6 is 0 Å². The SMILES string of the molecule is C.C.C.CC(=O)C(=O)O.C[C@@H](O)C(=O)O. The molecule has 94 valence electrons. The maximum Gasteiger partial charge on any atom is 0.371 e. The second-order valence-electron chi connectivity index (χ2n) is 1.88. The lowest BCUT2D eigenvalue weighted by atomic mass is 10.4. The minimum Gasteiger partial charge on any atom is -0.479 e. The molecule has 0 aromatic heterocycles. The number of hydrogen-bond donors (Lipinski definition) is 3. The van der Waals surface area contributed by atoms with Crippen LogP contribution in [0.4, 0.5) is 0 Å². The van der Waals surface area contributed by atoms with E-state index in [-0.39, 0.29) is 22.3 Å². The van der Waals surface area contributed by atoms with Crippen molar-refractivity contribution in [1.29, 1.82) is 0 Å². The molecule has 0 aromatic carbocycles. The van der Waals surface area contributed by atoms with E-state index < -0.39 is 23.8 Å². The summed E-state index contributed by atoms with van der Waals surface area (Å²) in [5.41, 5.74) is 0. The number of aliphatic hydroxyl groups is 1. The molecule has 15 heavy (non-hydrogen) atoms. The van der Waals surface area contributed by atoms with Gasteiger partial charge in [0.15, 0.2) is 0 Å². The molecule has 0 saturated carbocycles. The molecule has 0 spiro atoms. The van der Waals surface area contributed by atoms with Gasteiger partial charge < -0.3 is 15.3 Å². The van der Waals surface area contributed by atoms with Crippen LogP contribution in [0.5, 0.6) is 0 Å². The molecule has 0 aliphatic rings. The van der Waals surface area contributed by atoms with E-state index in [1.807, 2.05) is 0 Å². The van der Waals surface area contributed by atoms with E-state index in [1.54, 1.807) is 0 Å². The van der Waals surface area contributed by atoms with Crippen molar-refractivity contribution < 1.29 is 29.7 Å². The zero-order valence-corrected chi connectivity index (χ0v) is 6.64. The van der Waals surface area contributed by atoms with Gasteiger partial charge in [0, 0.05) is 6.92 Å². The predicted octanol–water partition coefficient (Wildman–Crippen LogP) is 1.02. The minimum absolute atomic E-state index is 0. The average molecular weight is 226 g/mol. The second-order valence-corrected chi connectivity index (χ2v) is 1.88. The first-order valence-electron chi connectivity index (χ1n) is 2.93. The zero-order chi connectivity index (χ0) is 10.3. The smallest absolute Gasteiger partial charge is 0.371 e. The van der Waals surface area contributed by atoms with Crippen LogP contribution in [0.1, 0.15) is 36.1 Å². The van der Waals surface area contributed by atoms with E-state index >= 15 is 0 Å². The average Bonchev–Trinajstić information content (AvgIpc) is 1.88. The van der Waals surface area contributed by atoms with Crippen molar-refractivity contribution in [2.24, 2.45) is 0 Å². The first kappa shape index (κ1) is 29.2. The maximum absolute atomic E-state index is 9.54. The van der Waals surface area contributed by atoms with Crippen LogP contribution < -0.4 is 0 Å². The van der Waals surface area contributed by atoms with E-state index in [4.69, 9.17) is 15.3 Å². The fourth-order valence-electron chi connectivity index (χ4n) is 0. The van der Waals surface area contributed by atoms with Crippen molar-refractivity contribution in [3.05, 3.63) is 0 Å². The third-order valence-corrected chi connectivity index (χ3v) is 0.659. The number of aliphatic hydroxyl groups excluding tert-OH is 1. The predicted molar refractivity (Wildman–Crippen MR) is 57.8 cm³/mol. The first-order chi connectivity index (χ1) is 5.29. The second kappa shape index (κ2) is 15.1. The van der Waals surface area contributed by atoms with Crippen molar-refractivity contribution >= 4 is 17.7 Å². The minimum atomic E-state index is -1.38. The molecule has 0 radical (unpaired) electrons. The lowest BCUT2D eigenvalue weighted by molar-refractivity contribution is -0.148. The van der Waals surface area contributed by atoms with Crippen molar-refractivity contribution in [3.8, 4) is 0 Å². The summed E-state index contributed by atoms with van der Waals surface area (Å²) in [6.07, 6.45) is -1.23. The number of Topliss-reactive ketones (excluding diaryl/α,β-unsaturated/α-hetero) is 1.